The molecule has 112 valence electrons. The van der Waals surface area contributed by atoms with Crippen LogP contribution in [0.15, 0.2) is 18.3 Å². The molecule has 20 heavy (non-hydrogen) atoms. The first-order valence-corrected chi connectivity index (χ1v) is 8.64. The van der Waals surface area contributed by atoms with Gasteiger partial charge in [-0.05, 0) is 31.0 Å². The van der Waals surface area contributed by atoms with Crippen molar-refractivity contribution in [3.63, 3.8) is 0 Å². The van der Waals surface area contributed by atoms with Gasteiger partial charge >= 0.3 is 0 Å². The Morgan fingerprint density at radius 3 is 2.90 bits per heavy atom. The third-order valence-corrected chi connectivity index (χ3v) is 5.10. The van der Waals surface area contributed by atoms with E-state index < -0.39 is 0 Å². The van der Waals surface area contributed by atoms with E-state index in [-0.39, 0.29) is 0 Å². The van der Waals surface area contributed by atoms with Crippen LogP contribution in [-0.2, 0) is 6.54 Å². The second-order valence-corrected chi connectivity index (χ2v) is 7.85. The highest BCUT2D eigenvalue weighted by atomic mass is 32.2. The van der Waals surface area contributed by atoms with Crippen LogP contribution in [-0.4, -0.2) is 35.1 Å². The van der Waals surface area contributed by atoms with Crippen molar-refractivity contribution in [3.05, 3.63) is 23.9 Å². The van der Waals surface area contributed by atoms with E-state index in [9.17, 15) is 0 Å². The van der Waals surface area contributed by atoms with Gasteiger partial charge in [0.2, 0.25) is 0 Å². The summed E-state index contributed by atoms with van der Waals surface area (Å²) in [5.74, 6) is 2.32. The molecule has 0 spiro atoms. The molecular formula is C16H27N3S. The lowest BCUT2D eigenvalue weighted by Gasteiger charge is -2.23. The summed E-state index contributed by atoms with van der Waals surface area (Å²) in [7, 11) is 0. The molecule has 4 heteroatoms. The average molecular weight is 293 g/mol. The molecule has 0 amide bonds. The van der Waals surface area contributed by atoms with Crippen molar-refractivity contribution in [2.45, 2.75) is 44.9 Å². The first-order valence-electron chi connectivity index (χ1n) is 7.65. The first kappa shape index (κ1) is 15.6. The highest BCUT2D eigenvalue weighted by Gasteiger charge is 2.24. The predicted molar refractivity (Wildman–Crippen MR) is 89.6 cm³/mol. The second-order valence-electron chi connectivity index (χ2n) is 6.05. The van der Waals surface area contributed by atoms with Gasteiger partial charge < -0.3 is 10.2 Å². The van der Waals surface area contributed by atoms with Gasteiger partial charge in [0.15, 0.2) is 0 Å². The van der Waals surface area contributed by atoms with Gasteiger partial charge in [0.25, 0.3) is 0 Å². The Labute approximate surface area is 127 Å². The lowest BCUT2D eigenvalue weighted by atomic mass is 10.1. The van der Waals surface area contributed by atoms with E-state index in [0.717, 1.165) is 32.0 Å². The third kappa shape index (κ3) is 4.67. The maximum absolute atomic E-state index is 4.65. The van der Waals surface area contributed by atoms with Crippen LogP contribution < -0.4 is 10.2 Å². The predicted octanol–water partition coefficient (Wildman–Crippen LogP) is 3.30. The van der Waals surface area contributed by atoms with Crippen molar-refractivity contribution in [3.8, 4) is 0 Å². The molecule has 1 saturated heterocycles. The van der Waals surface area contributed by atoms with Gasteiger partial charge in [-0.25, -0.2) is 4.98 Å². The summed E-state index contributed by atoms with van der Waals surface area (Å²) in [5, 5.41) is 3.41. The fourth-order valence-corrected chi connectivity index (χ4v) is 3.47. The number of nitrogens with one attached hydrogen (secondary N) is 1. The Bertz CT molecular complexity index is 403. The largest absolute Gasteiger partial charge is 0.356 e. The Morgan fingerprint density at radius 1 is 1.35 bits per heavy atom. The summed E-state index contributed by atoms with van der Waals surface area (Å²) < 4.78 is 0.402. The number of rotatable bonds is 5. The van der Waals surface area contributed by atoms with Gasteiger partial charge in [0, 0.05) is 36.3 Å². The summed E-state index contributed by atoms with van der Waals surface area (Å²) in [4.78, 5) is 7.07. The van der Waals surface area contributed by atoms with Crippen molar-refractivity contribution < 1.29 is 0 Å². The van der Waals surface area contributed by atoms with Crippen molar-refractivity contribution in [2.75, 3.05) is 30.3 Å². The smallest absolute Gasteiger partial charge is 0.128 e. The van der Waals surface area contributed by atoms with Crippen molar-refractivity contribution in [1.29, 1.82) is 0 Å². The van der Waals surface area contributed by atoms with E-state index in [1.54, 1.807) is 0 Å². The molecular weight excluding hydrogens is 266 g/mol. The van der Waals surface area contributed by atoms with Crippen molar-refractivity contribution >= 4 is 17.6 Å². The minimum atomic E-state index is 0.402. The van der Waals surface area contributed by atoms with Gasteiger partial charge in [-0.1, -0.05) is 26.8 Å². The zero-order valence-electron chi connectivity index (χ0n) is 13.0. The number of hydrogen-bond acceptors (Lipinski definition) is 4. The van der Waals surface area contributed by atoms with Gasteiger partial charge in [0.1, 0.15) is 5.82 Å². The minimum absolute atomic E-state index is 0.402. The fraction of sp³-hybridized carbons (Fsp3) is 0.688. The lowest BCUT2D eigenvalue weighted by Crippen LogP contribution is -2.27. The van der Waals surface area contributed by atoms with E-state index in [0.29, 0.717) is 4.75 Å². The van der Waals surface area contributed by atoms with Crippen LogP contribution in [0.1, 0.15) is 39.2 Å². The molecule has 0 aromatic carbocycles. The molecule has 2 heterocycles. The van der Waals surface area contributed by atoms with Crippen LogP contribution >= 0.6 is 11.8 Å². The number of anilines is 1. The molecule has 1 fully saturated rings. The van der Waals surface area contributed by atoms with Crippen LogP contribution in [0, 0.1) is 0 Å². The SMILES string of the molecule is CCCNCc1ccc(N2CCSC(C)(C)CC2)nc1. The zero-order valence-corrected chi connectivity index (χ0v) is 13.8. The third-order valence-electron chi connectivity index (χ3n) is 3.73. The number of aromatic nitrogens is 1. The maximum atomic E-state index is 4.65. The van der Waals surface area contributed by atoms with Crippen molar-refractivity contribution in [1.82, 2.24) is 10.3 Å². The van der Waals surface area contributed by atoms with Gasteiger partial charge in [-0.15, -0.1) is 0 Å². The molecule has 1 N–H and O–H groups in total. The average Bonchev–Trinajstić information content (AvgIpc) is 2.61. The van der Waals surface area contributed by atoms with Crippen LogP contribution in [0.3, 0.4) is 0 Å². The standard InChI is InChI=1S/C16H27N3S/c1-4-8-17-12-14-5-6-15(18-13-14)19-9-7-16(2,3)20-11-10-19/h5-6,13,17H,4,7-12H2,1-3H3. The molecule has 0 bridgehead atoms. The highest BCUT2D eigenvalue weighted by Crippen LogP contribution is 2.31. The highest BCUT2D eigenvalue weighted by molar-refractivity contribution is 8.00. The number of pyridine rings is 1. The Balaban J connectivity index is 1.92. The number of hydrogen-bond donors (Lipinski definition) is 1. The molecule has 0 saturated carbocycles. The molecule has 2 rings (SSSR count). The van der Waals surface area contributed by atoms with Crippen LogP contribution in [0.25, 0.3) is 0 Å². The monoisotopic (exact) mass is 293 g/mol. The molecule has 0 unspecified atom stereocenters. The molecule has 0 aliphatic carbocycles. The normalized spacial score (nSPS) is 18.9. The summed E-state index contributed by atoms with van der Waals surface area (Å²) >= 11 is 2.08. The molecule has 3 nitrogen and oxygen atoms in total. The van der Waals surface area contributed by atoms with Crippen LogP contribution in [0.2, 0.25) is 0 Å². The van der Waals surface area contributed by atoms with Gasteiger partial charge in [-0.2, -0.15) is 11.8 Å². The van der Waals surface area contributed by atoms with Gasteiger partial charge in [0.05, 0.1) is 0 Å². The Hall–Kier alpha value is -0.740. The van der Waals surface area contributed by atoms with Crippen LogP contribution in [0.4, 0.5) is 5.82 Å². The van der Waals surface area contributed by atoms with E-state index in [1.807, 2.05) is 6.20 Å². The Kier molecular flexibility index (Phi) is 5.73. The summed E-state index contributed by atoms with van der Waals surface area (Å²) in [6.07, 6.45) is 4.41. The van der Waals surface area contributed by atoms with Crippen LogP contribution in [0.5, 0.6) is 0 Å². The molecule has 0 atom stereocenters. The number of thioether (sulfide) groups is 1. The topological polar surface area (TPSA) is 28.2 Å². The zero-order chi connectivity index (χ0) is 14.4. The van der Waals surface area contributed by atoms with E-state index in [1.165, 1.54) is 24.2 Å². The summed E-state index contributed by atoms with van der Waals surface area (Å²) in [6, 6.07) is 4.38. The molecule has 1 aliphatic rings. The molecule has 1 aromatic heterocycles. The molecule has 1 aliphatic heterocycles. The van der Waals surface area contributed by atoms with E-state index in [2.05, 4.69) is 59.9 Å². The maximum Gasteiger partial charge on any atom is 0.128 e. The summed E-state index contributed by atoms with van der Waals surface area (Å²) in [6.45, 7) is 11.1. The number of nitrogens with zero attached hydrogens (tertiary/aromatic N) is 2. The van der Waals surface area contributed by atoms with E-state index in [4.69, 9.17) is 0 Å². The fourth-order valence-electron chi connectivity index (χ4n) is 2.37. The van der Waals surface area contributed by atoms with E-state index >= 15 is 0 Å². The van der Waals surface area contributed by atoms with Gasteiger partial charge in [-0.3, -0.25) is 0 Å². The van der Waals surface area contributed by atoms with Crippen molar-refractivity contribution in [2.24, 2.45) is 0 Å². The quantitative estimate of drug-likeness (QED) is 0.843. The lowest BCUT2D eigenvalue weighted by molar-refractivity contribution is 0.634. The molecule has 0 radical (unpaired) electrons. The first-order chi connectivity index (χ1) is 9.61. The second kappa shape index (κ2) is 7.32. The Morgan fingerprint density at radius 2 is 2.20 bits per heavy atom. The minimum Gasteiger partial charge on any atom is -0.356 e. The molecule has 1 aromatic rings. The summed E-state index contributed by atoms with van der Waals surface area (Å²) in [5.41, 5.74) is 1.27.